The number of halogens is 1. The molecule has 0 atom stereocenters. The number of hydrogen-bond acceptors (Lipinski definition) is 4. The van der Waals surface area contributed by atoms with E-state index in [2.05, 4.69) is 30.0 Å². The van der Waals surface area contributed by atoms with E-state index in [1.54, 1.807) is 12.1 Å². The molecule has 0 aliphatic carbocycles. The molecular weight excluding hydrogens is 384 g/mol. The number of rotatable bonds is 6. The van der Waals surface area contributed by atoms with Crippen molar-refractivity contribution < 1.29 is 12.8 Å². The van der Waals surface area contributed by atoms with Gasteiger partial charge in [-0.3, -0.25) is 0 Å². The van der Waals surface area contributed by atoms with Crippen LogP contribution in [0.2, 0.25) is 0 Å². The topological polar surface area (TPSA) is 63.2 Å². The molecule has 0 fully saturated rings. The van der Waals surface area contributed by atoms with Gasteiger partial charge >= 0.3 is 162 Å². The minimum absolute atomic E-state index is 0.102. The van der Waals surface area contributed by atoms with Crippen LogP contribution < -0.4 is 4.31 Å². The first-order valence-electron chi connectivity index (χ1n) is 8.90. The van der Waals surface area contributed by atoms with Gasteiger partial charge in [0, 0.05) is 0 Å². The van der Waals surface area contributed by atoms with Crippen molar-refractivity contribution in [2.75, 3.05) is 37.6 Å². The van der Waals surface area contributed by atoms with Crippen LogP contribution >= 0.6 is 7.26 Å². The third kappa shape index (κ3) is 5.45. The molecule has 2 aromatic rings. The Kier molecular flexibility index (Phi) is 6.27. The van der Waals surface area contributed by atoms with Gasteiger partial charge in [-0.15, -0.1) is 0 Å². The molecule has 5 nitrogen and oxygen atoms in total. The number of hydrogen-bond donors (Lipinski definition) is 0. The van der Waals surface area contributed by atoms with E-state index in [1.807, 2.05) is 13.8 Å². The standard InChI is InChI=1S/C19H29FN3O2PS/c1-13(2)17-16(12-26(4,5)6)18(14-8-10-15(20)11-9-14)22-19(21-17)23(3)27(7,24)25/h8-11,13,26H,12H2,1-7H3. The molecule has 150 valence electrons. The zero-order valence-corrected chi connectivity index (χ0v) is 18.9. The van der Waals surface area contributed by atoms with E-state index in [9.17, 15) is 12.8 Å². The van der Waals surface area contributed by atoms with Crippen LogP contribution in [-0.4, -0.2) is 51.7 Å². The Hall–Kier alpha value is -1.59. The fourth-order valence-electron chi connectivity index (χ4n) is 2.81. The molecule has 0 saturated heterocycles. The van der Waals surface area contributed by atoms with Crippen LogP contribution in [0.4, 0.5) is 10.3 Å². The fraction of sp³-hybridized carbons (Fsp3) is 0.474. The number of benzene rings is 1. The fourth-order valence-corrected chi connectivity index (χ4v) is 4.59. The summed E-state index contributed by atoms with van der Waals surface area (Å²) < 4.78 is 38.6. The Labute approximate surface area is 162 Å². The van der Waals surface area contributed by atoms with Crippen molar-refractivity contribution in [3.8, 4) is 11.3 Å². The molecule has 2 rings (SSSR count). The third-order valence-corrected chi connectivity index (χ3v) is 6.75. The predicted molar refractivity (Wildman–Crippen MR) is 115 cm³/mol. The molecular formula is C19H29FN3O2PS. The van der Waals surface area contributed by atoms with Crippen molar-refractivity contribution in [3.63, 3.8) is 0 Å². The summed E-state index contributed by atoms with van der Waals surface area (Å²) in [5, 5.41) is 0. The van der Waals surface area contributed by atoms with Crippen molar-refractivity contribution in [3.05, 3.63) is 41.3 Å². The van der Waals surface area contributed by atoms with Gasteiger partial charge in [-0.25, -0.2) is 0 Å². The summed E-state index contributed by atoms with van der Waals surface area (Å²) in [4.78, 5) is 9.21. The van der Waals surface area contributed by atoms with Crippen molar-refractivity contribution in [1.82, 2.24) is 9.97 Å². The van der Waals surface area contributed by atoms with E-state index >= 15 is 0 Å². The van der Waals surface area contributed by atoms with E-state index in [0.717, 1.165) is 33.5 Å². The quantitative estimate of drug-likeness (QED) is 0.673. The zero-order chi connectivity index (χ0) is 20.6. The van der Waals surface area contributed by atoms with Crippen molar-refractivity contribution in [1.29, 1.82) is 0 Å². The van der Waals surface area contributed by atoms with Gasteiger partial charge in [0.2, 0.25) is 0 Å². The monoisotopic (exact) mass is 413 g/mol. The van der Waals surface area contributed by atoms with Crippen LogP contribution in [0.5, 0.6) is 0 Å². The van der Waals surface area contributed by atoms with Crippen LogP contribution in [0.25, 0.3) is 11.3 Å². The molecule has 0 spiro atoms. The average Bonchev–Trinajstić information content (AvgIpc) is 2.52. The molecule has 1 heterocycles. The summed E-state index contributed by atoms with van der Waals surface area (Å²) in [7, 11) is -3.57. The minimum atomic E-state index is -3.49. The van der Waals surface area contributed by atoms with Crippen molar-refractivity contribution in [2.24, 2.45) is 0 Å². The van der Waals surface area contributed by atoms with E-state index in [4.69, 9.17) is 0 Å². The molecule has 0 unspecified atom stereocenters. The van der Waals surface area contributed by atoms with Gasteiger partial charge in [-0.1, -0.05) is 0 Å². The van der Waals surface area contributed by atoms with Crippen LogP contribution in [0, 0.1) is 5.82 Å². The summed E-state index contributed by atoms with van der Waals surface area (Å²) in [6.07, 6.45) is 1.98. The molecule has 27 heavy (non-hydrogen) atoms. The molecule has 1 aromatic carbocycles. The Morgan fingerprint density at radius 1 is 1.11 bits per heavy atom. The maximum atomic E-state index is 13.4. The Morgan fingerprint density at radius 2 is 1.67 bits per heavy atom. The van der Waals surface area contributed by atoms with E-state index < -0.39 is 17.3 Å². The van der Waals surface area contributed by atoms with Crippen molar-refractivity contribution >= 4 is 23.2 Å². The molecule has 0 aliphatic heterocycles. The first-order chi connectivity index (χ1) is 12.3. The number of sulfonamides is 1. The van der Waals surface area contributed by atoms with Gasteiger partial charge in [-0.05, 0) is 0 Å². The van der Waals surface area contributed by atoms with E-state index in [-0.39, 0.29) is 17.7 Å². The van der Waals surface area contributed by atoms with Gasteiger partial charge < -0.3 is 0 Å². The predicted octanol–water partition coefficient (Wildman–Crippen LogP) is 3.94. The second kappa shape index (κ2) is 7.80. The number of anilines is 1. The average molecular weight is 413 g/mol. The molecule has 0 N–H and O–H groups in total. The third-order valence-electron chi connectivity index (χ3n) is 4.18. The first-order valence-corrected chi connectivity index (χ1v) is 14.5. The Morgan fingerprint density at radius 3 is 2.11 bits per heavy atom. The van der Waals surface area contributed by atoms with Crippen LogP contribution in [-0.2, 0) is 16.2 Å². The van der Waals surface area contributed by atoms with E-state index in [0.29, 0.717) is 5.69 Å². The second-order valence-electron chi connectivity index (χ2n) is 8.37. The molecule has 0 radical (unpaired) electrons. The van der Waals surface area contributed by atoms with Crippen LogP contribution in [0.3, 0.4) is 0 Å². The van der Waals surface area contributed by atoms with Crippen LogP contribution in [0.1, 0.15) is 31.0 Å². The van der Waals surface area contributed by atoms with Gasteiger partial charge in [0.15, 0.2) is 0 Å². The summed E-state index contributed by atoms with van der Waals surface area (Å²) in [6.45, 7) is 10.9. The van der Waals surface area contributed by atoms with Gasteiger partial charge in [0.1, 0.15) is 0 Å². The molecule has 0 aliphatic rings. The summed E-state index contributed by atoms with van der Waals surface area (Å²) in [5.41, 5.74) is 3.32. The normalized spacial score (nSPS) is 13.1. The van der Waals surface area contributed by atoms with Gasteiger partial charge in [0.05, 0.1) is 0 Å². The second-order valence-corrected chi connectivity index (χ2v) is 15.9. The molecule has 0 saturated carbocycles. The van der Waals surface area contributed by atoms with Gasteiger partial charge in [0.25, 0.3) is 0 Å². The Balaban J connectivity index is 2.82. The summed E-state index contributed by atoms with van der Waals surface area (Å²) >= 11 is 0. The molecule has 1 aromatic heterocycles. The van der Waals surface area contributed by atoms with E-state index in [1.165, 1.54) is 19.2 Å². The number of nitrogens with zero attached hydrogens (tertiary/aromatic N) is 3. The molecule has 0 bridgehead atoms. The Bertz CT molecular complexity index is 923. The number of aromatic nitrogens is 2. The summed E-state index contributed by atoms with van der Waals surface area (Å²) in [5.74, 6) is -0.0813. The van der Waals surface area contributed by atoms with Crippen LogP contribution in [0.15, 0.2) is 24.3 Å². The van der Waals surface area contributed by atoms with Gasteiger partial charge in [-0.2, -0.15) is 0 Å². The first kappa shape index (κ1) is 21.7. The molecule has 0 amide bonds. The maximum absolute atomic E-state index is 13.4. The zero-order valence-electron chi connectivity index (χ0n) is 17.0. The SMILES string of the molecule is CC(C)c1nc(N(C)S(C)(=O)=O)nc(-c2ccc(F)cc2)c1C[PH](C)(C)C. The molecule has 8 heteroatoms. The van der Waals surface area contributed by atoms with Crippen molar-refractivity contribution in [2.45, 2.75) is 25.9 Å². The summed E-state index contributed by atoms with van der Waals surface area (Å²) in [6, 6.07) is 6.15.